The molecular weight excluding hydrogens is 258 g/mol. The monoisotopic (exact) mass is 279 g/mol. The summed E-state index contributed by atoms with van der Waals surface area (Å²) in [5.41, 5.74) is 5.89. The van der Waals surface area contributed by atoms with Crippen molar-refractivity contribution in [3.63, 3.8) is 0 Å². The maximum absolute atomic E-state index is 5.89. The molecule has 6 heteroatoms. The minimum atomic E-state index is 0.485. The van der Waals surface area contributed by atoms with Gasteiger partial charge in [-0.3, -0.25) is 4.90 Å². The number of nitrogens with zero attached hydrogens (tertiary/aromatic N) is 4. The minimum Gasteiger partial charge on any atom is -0.383 e. The van der Waals surface area contributed by atoms with E-state index in [0.29, 0.717) is 17.9 Å². The molecule has 19 heavy (non-hydrogen) atoms. The third-order valence-corrected chi connectivity index (χ3v) is 4.67. The molecule has 2 unspecified atom stereocenters. The molecule has 0 aromatic carbocycles. The van der Waals surface area contributed by atoms with E-state index in [9.17, 15) is 0 Å². The van der Waals surface area contributed by atoms with Crippen molar-refractivity contribution in [2.75, 3.05) is 36.5 Å². The second-order valence-electron chi connectivity index (χ2n) is 5.43. The van der Waals surface area contributed by atoms with Gasteiger partial charge >= 0.3 is 0 Å². The summed E-state index contributed by atoms with van der Waals surface area (Å²) in [5, 5.41) is 0.760. The largest absolute Gasteiger partial charge is 0.383 e. The molecule has 0 amide bonds. The number of hydrogen-bond acceptors (Lipinski definition) is 6. The first kappa shape index (κ1) is 13.0. The van der Waals surface area contributed by atoms with E-state index in [1.165, 1.54) is 19.4 Å². The number of piperazine rings is 1. The predicted molar refractivity (Wildman–Crippen MR) is 79.6 cm³/mol. The molecule has 5 nitrogen and oxygen atoms in total. The second kappa shape index (κ2) is 5.17. The number of hydrogen-bond donors (Lipinski definition) is 1. The van der Waals surface area contributed by atoms with E-state index in [2.05, 4.69) is 26.7 Å². The summed E-state index contributed by atoms with van der Waals surface area (Å²) in [6.07, 6.45) is 4.61. The van der Waals surface area contributed by atoms with Crippen LogP contribution in [0.1, 0.15) is 19.8 Å². The van der Waals surface area contributed by atoms with E-state index in [4.69, 9.17) is 5.73 Å². The van der Waals surface area contributed by atoms with Gasteiger partial charge in [0.05, 0.1) is 0 Å². The standard InChI is InChI=1S/C13H21N5S/c1-9-7-17-5-3-4-10(17)8-18(9)12-6-11(14)15-13(16-12)19-2/h6,9-10H,3-5,7-8H2,1-2H3,(H2,14,15,16). The third kappa shape index (κ3) is 2.51. The van der Waals surface area contributed by atoms with Crippen molar-refractivity contribution < 1.29 is 0 Å². The van der Waals surface area contributed by atoms with Crippen molar-refractivity contribution in [1.29, 1.82) is 0 Å². The Morgan fingerprint density at radius 1 is 1.37 bits per heavy atom. The topological polar surface area (TPSA) is 58.3 Å². The van der Waals surface area contributed by atoms with Gasteiger partial charge in [-0.1, -0.05) is 11.8 Å². The Hall–Kier alpha value is -1.01. The molecule has 2 fully saturated rings. The van der Waals surface area contributed by atoms with Crippen LogP contribution in [0, 0.1) is 0 Å². The lowest BCUT2D eigenvalue weighted by atomic mass is 10.1. The number of anilines is 2. The summed E-state index contributed by atoms with van der Waals surface area (Å²) in [7, 11) is 0. The van der Waals surface area contributed by atoms with E-state index in [1.807, 2.05) is 12.3 Å². The molecule has 3 heterocycles. The van der Waals surface area contributed by atoms with Crippen molar-refractivity contribution in [2.24, 2.45) is 0 Å². The molecule has 2 aliphatic rings. The highest BCUT2D eigenvalue weighted by molar-refractivity contribution is 7.98. The Balaban J connectivity index is 1.86. The van der Waals surface area contributed by atoms with Crippen LogP contribution in [0.3, 0.4) is 0 Å². The molecule has 1 aromatic rings. The molecule has 0 bridgehead atoms. The Morgan fingerprint density at radius 2 is 2.21 bits per heavy atom. The lowest BCUT2D eigenvalue weighted by molar-refractivity contribution is 0.202. The predicted octanol–water partition coefficient (Wildman–Crippen LogP) is 1.45. The van der Waals surface area contributed by atoms with Gasteiger partial charge in [0, 0.05) is 31.2 Å². The van der Waals surface area contributed by atoms with E-state index in [0.717, 1.165) is 24.1 Å². The van der Waals surface area contributed by atoms with Gasteiger partial charge in [-0.15, -0.1) is 0 Å². The van der Waals surface area contributed by atoms with Crippen molar-refractivity contribution in [2.45, 2.75) is 37.0 Å². The maximum Gasteiger partial charge on any atom is 0.191 e. The van der Waals surface area contributed by atoms with Gasteiger partial charge in [-0.05, 0) is 32.6 Å². The first-order chi connectivity index (χ1) is 9.17. The molecular formula is C13H21N5S. The Labute approximate surface area is 118 Å². The average molecular weight is 279 g/mol. The summed E-state index contributed by atoms with van der Waals surface area (Å²) in [5.74, 6) is 1.55. The third-order valence-electron chi connectivity index (χ3n) is 4.13. The number of fused-ring (bicyclic) bond motifs is 1. The number of rotatable bonds is 2. The van der Waals surface area contributed by atoms with Crippen LogP contribution in [0.5, 0.6) is 0 Å². The minimum absolute atomic E-state index is 0.485. The van der Waals surface area contributed by atoms with Gasteiger partial charge in [0.15, 0.2) is 5.16 Å². The molecule has 0 radical (unpaired) electrons. The molecule has 0 saturated carbocycles. The lowest BCUT2D eigenvalue weighted by Crippen LogP contribution is -2.55. The average Bonchev–Trinajstić information content (AvgIpc) is 2.84. The van der Waals surface area contributed by atoms with Crippen LogP contribution in [0.2, 0.25) is 0 Å². The first-order valence-corrected chi connectivity index (χ1v) is 8.09. The van der Waals surface area contributed by atoms with Crippen LogP contribution in [0.15, 0.2) is 11.2 Å². The SMILES string of the molecule is CSc1nc(N)cc(N2CC3CCCN3CC2C)n1. The molecule has 2 atom stereocenters. The highest BCUT2D eigenvalue weighted by atomic mass is 32.2. The number of aromatic nitrogens is 2. The van der Waals surface area contributed by atoms with Crippen LogP contribution in [0.4, 0.5) is 11.6 Å². The Bertz CT molecular complexity index is 466. The van der Waals surface area contributed by atoms with Crippen LogP contribution >= 0.6 is 11.8 Å². The van der Waals surface area contributed by atoms with Gasteiger partial charge in [0.25, 0.3) is 0 Å². The van der Waals surface area contributed by atoms with E-state index in [-0.39, 0.29) is 0 Å². The highest BCUT2D eigenvalue weighted by Gasteiger charge is 2.35. The Kier molecular flexibility index (Phi) is 3.54. The number of nitrogen functional groups attached to an aromatic ring is 1. The first-order valence-electron chi connectivity index (χ1n) is 6.86. The summed E-state index contributed by atoms with van der Waals surface area (Å²) in [6.45, 7) is 5.71. The second-order valence-corrected chi connectivity index (χ2v) is 6.20. The highest BCUT2D eigenvalue weighted by Crippen LogP contribution is 2.29. The molecule has 2 aliphatic heterocycles. The molecule has 0 spiro atoms. The van der Waals surface area contributed by atoms with E-state index in [1.54, 1.807) is 11.8 Å². The molecule has 3 rings (SSSR count). The van der Waals surface area contributed by atoms with Crippen molar-refractivity contribution >= 4 is 23.4 Å². The maximum atomic E-state index is 5.89. The number of nitrogens with two attached hydrogens (primary N) is 1. The quantitative estimate of drug-likeness (QED) is 0.653. The fraction of sp³-hybridized carbons (Fsp3) is 0.692. The van der Waals surface area contributed by atoms with Gasteiger partial charge in [0.1, 0.15) is 11.6 Å². The van der Waals surface area contributed by atoms with Crippen LogP contribution in [-0.2, 0) is 0 Å². The fourth-order valence-corrected chi connectivity index (χ4v) is 3.56. The van der Waals surface area contributed by atoms with Crippen molar-refractivity contribution in [1.82, 2.24) is 14.9 Å². The van der Waals surface area contributed by atoms with Gasteiger partial charge in [-0.2, -0.15) is 0 Å². The zero-order valence-corrected chi connectivity index (χ0v) is 12.4. The van der Waals surface area contributed by atoms with Crippen LogP contribution in [0.25, 0.3) is 0 Å². The summed E-state index contributed by atoms with van der Waals surface area (Å²) < 4.78 is 0. The van der Waals surface area contributed by atoms with E-state index < -0.39 is 0 Å². The smallest absolute Gasteiger partial charge is 0.191 e. The molecule has 2 saturated heterocycles. The zero-order valence-electron chi connectivity index (χ0n) is 11.5. The van der Waals surface area contributed by atoms with Crippen molar-refractivity contribution in [3.05, 3.63) is 6.07 Å². The molecule has 1 aromatic heterocycles. The Morgan fingerprint density at radius 3 is 3.00 bits per heavy atom. The van der Waals surface area contributed by atoms with Crippen molar-refractivity contribution in [3.8, 4) is 0 Å². The number of thioether (sulfide) groups is 1. The summed E-state index contributed by atoms with van der Waals surface area (Å²) in [4.78, 5) is 13.9. The van der Waals surface area contributed by atoms with Gasteiger partial charge in [0.2, 0.25) is 0 Å². The van der Waals surface area contributed by atoms with Crippen LogP contribution < -0.4 is 10.6 Å². The fourth-order valence-electron chi connectivity index (χ4n) is 3.18. The molecule has 104 valence electrons. The van der Waals surface area contributed by atoms with E-state index >= 15 is 0 Å². The van der Waals surface area contributed by atoms with Crippen LogP contribution in [-0.4, -0.2) is 52.8 Å². The zero-order chi connectivity index (χ0) is 13.4. The lowest BCUT2D eigenvalue weighted by Gasteiger charge is -2.43. The molecule has 0 aliphatic carbocycles. The molecule has 2 N–H and O–H groups in total. The van der Waals surface area contributed by atoms with Gasteiger partial charge < -0.3 is 10.6 Å². The summed E-state index contributed by atoms with van der Waals surface area (Å²) in [6, 6.07) is 3.07. The normalized spacial score (nSPS) is 27.6. The van der Waals surface area contributed by atoms with Gasteiger partial charge in [-0.25, -0.2) is 9.97 Å². The summed E-state index contributed by atoms with van der Waals surface area (Å²) >= 11 is 1.54.